The molecule has 1 aromatic heterocycles. The van der Waals surface area contributed by atoms with Crippen molar-refractivity contribution < 1.29 is 17.6 Å². The maximum absolute atomic E-state index is 12.7. The van der Waals surface area contributed by atoms with Crippen LogP contribution in [0.3, 0.4) is 0 Å². The Bertz CT molecular complexity index is 566. The summed E-state index contributed by atoms with van der Waals surface area (Å²) in [5.74, 6) is -0.491. The average molecular weight is 277 g/mol. The molecule has 0 saturated carbocycles. The highest BCUT2D eigenvalue weighted by Gasteiger charge is 2.33. The summed E-state index contributed by atoms with van der Waals surface area (Å²) in [5, 5.41) is -0.510. The first-order chi connectivity index (χ1) is 8.36. The lowest BCUT2D eigenvalue weighted by atomic mass is 10.1. The van der Waals surface area contributed by atoms with Gasteiger partial charge in [0, 0.05) is 5.56 Å². The molecule has 0 radical (unpaired) electrons. The molecule has 0 spiro atoms. The summed E-state index contributed by atoms with van der Waals surface area (Å²) in [6, 6.07) is 5.64. The number of aromatic nitrogens is 2. The van der Waals surface area contributed by atoms with Gasteiger partial charge >= 0.3 is 6.18 Å². The van der Waals surface area contributed by atoms with Crippen LogP contribution in [0.15, 0.2) is 30.3 Å². The molecule has 0 aliphatic heterocycles. The predicted molar refractivity (Wildman–Crippen MR) is 57.4 cm³/mol. The maximum atomic E-state index is 12.7. The van der Waals surface area contributed by atoms with Gasteiger partial charge in [-0.3, -0.25) is 0 Å². The maximum Gasteiger partial charge on any atom is 0.433 e. The summed E-state index contributed by atoms with van der Waals surface area (Å²) in [6.07, 6.45) is -4.61. The first-order valence-electron chi connectivity index (χ1n) is 4.74. The third-order valence-electron chi connectivity index (χ3n) is 2.13. The smallest absolute Gasteiger partial charge is 0.218 e. The number of halogens is 5. The molecule has 0 bridgehead atoms. The lowest BCUT2D eigenvalue weighted by molar-refractivity contribution is -0.141. The normalized spacial score (nSPS) is 11.6. The Kier molecular flexibility index (Phi) is 3.21. The van der Waals surface area contributed by atoms with E-state index in [4.69, 9.17) is 11.6 Å². The summed E-state index contributed by atoms with van der Waals surface area (Å²) >= 11 is 5.44. The van der Waals surface area contributed by atoms with Crippen molar-refractivity contribution in [3.63, 3.8) is 0 Å². The zero-order valence-electron chi connectivity index (χ0n) is 8.67. The van der Waals surface area contributed by atoms with Gasteiger partial charge in [0.2, 0.25) is 5.28 Å². The molecular formula is C11H5ClF4N2. The van der Waals surface area contributed by atoms with Gasteiger partial charge in [0.05, 0.1) is 5.69 Å². The van der Waals surface area contributed by atoms with Crippen molar-refractivity contribution in [1.29, 1.82) is 0 Å². The molecule has 2 rings (SSSR count). The summed E-state index contributed by atoms with van der Waals surface area (Å²) in [4.78, 5) is 6.78. The van der Waals surface area contributed by atoms with Gasteiger partial charge < -0.3 is 0 Å². The largest absolute Gasteiger partial charge is 0.433 e. The van der Waals surface area contributed by atoms with Crippen LogP contribution in [-0.4, -0.2) is 9.97 Å². The monoisotopic (exact) mass is 276 g/mol. The molecule has 0 amide bonds. The second kappa shape index (κ2) is 4.53. The van der Waals surface area contributed by atoms with Gasteiger partial charge in [-0.05, 0) is 41.9 Å². The number of hydrogen-bond acceptors (Lipinski definition) is 2. The van der Waals surface area contributed by atoms with Crippen LogP contribution < -0.4 is 0 Å². The molecule has 0 unspecified atom stereocenters. The third kappa shape index (κ3) is 2.76. The number of alkyl halides is 3. The minimum atomic E-state index is -4.61. The standard InChI is InChI=1S/C11H5ClF4N2/c12-10-17-8(5-9(18-10)11(14,15)16)6-1-3-7(13)4-2-6/h1-5H. The van der Waals surface area contributed by atoms with Crippen LogP contribution in [0.4, 0.5) is 17.6 Å². The lowest BCUT2D eigenvalue weighted by Gasteiger charge is -2.08. The molecule has 1 heterocycles. The third-order valence-corrected chi connectivity index (χ3v) is 2.30. The first kappa shape index (κ1) is 12.8. The summed E-state index contributed by atoms with van der Waals surface area (Å²) in [5.41, 5.74) is -0.824. The Morgan fingerprint density at radius 3 is 2.17 bits per heavy atom. The fraction of sp³-hybridized carbons (Fsp3) is 0.0909. The van der Waals surface area contributed by atoms with Crippen molar-refractivity contribution in [3.05, 3.63) is 47.1 Å². The van der Waals surface area contributed by atoms with Crippen molar-refractivity contribution in [3.8, 4) is 11.3 Å². The Morgan fingerprint density at radius 1 is 1.00 bits per heavy atom. The van der Waals surface area contributed by atoms with Crippen LogP contribution in [0, 0.1) is 5.82 Å². The highest BCUT2D eigenvalue weighted by Crippen LogP contribution is 2.30. The van der Waals surface area contributed by atoms with Crippen LogP contribution in [0.1, 0.15) is 5.69 Å². The molecule has 94 valence electrons. The Morgan fingerprint density at radius 2 is 1.61 bits per heavy atom. The van der Waals surface area contributed by atoms with E-state index in [0.29, 0.717) is 5.56 Å². The van der Waals surface area contributed by atoms with E-state index >= 15 is 0 Å². The van der Waals surface area contributed by atoms with E-state index in [2.05, 4.69) is 9.97 Å². The topological polar surface area (TPSA) is 25.8 Å². The SMILES string of the molecule is Fc1ccc(-c2cc(C(F)(F)F)nc(Cl)n2)cc1. The molecule has 0 atom stereocenters. The molecule has 1 aromatic carbocycles. The van der Waals surface area contributed by atoms with Crippen LogP contribution >= 0.6 is 11.6 Å². The molecular weight excluding hydrogens is 272 g/mol. The Balaban J connectivity index is 2.52. The average Bonchev–Trinajstić information content (AvgIpc) is 2.28. The molecule has 2 aromatic rings. The van der Waals surface area contributed by atoms with Crippen molar-refractivity contribution in [2.75, 3.05) is 0 Å². The van der Waals surface area contributed by atoms with Gasteiger partial charge in [0.1, 0.15) is 11.5 Å². The van der Waals surface area contributed by atoms with Gasteiger partial charge in [-0.2, -0.15) is 13.2 Å². The molecule has 18 heavy (non-hydrogen) atoms. The molecule has 0 aliphatic rings. The van der Waals surface area contributed by atoms with E-state index in [1.807, 2.05) is 0 Å². The second-order valence-electron chi connectivity index (χ2n) is 3.41. The summed E-state index contributed by atoms with van der Waals surface area (Å²) in [6.45, 7) is 0. The van der Waals surface area contributed by atoms with E-state index in [9.17, 15) is 17.6 Å². The predicted octanol–water partition coefficient (Wildman–Crippen LogP) is 3.95. The highest BCUT2D eigenvalue weighted by molar-refractivity contribution is 6.28. The molecule has 0 N–H and O–H groups in total. The van der Waals surface area contributed by atoms with Crippen LogP contribution in [0.5, 0.6) is 0 Å². The van der Waals surface area contributed by atoms with Gasteiger partial charge in [-0.15, -0.1) is 0 Å². The molecule has 2 nitrogen and oxygen atoms in total. The molecule has 0 aliphatic carbocycles. The number of rotatable bonds is 1. The number of nitrogens with zero attached hydrogens (tertiary/aromatic N) is 2. The van der Waals surface area contributed by atoms with Crippen molar-refractivity contribution in [2.24, 2.45) is 0 Å². The Labute approximate surface area is 104 Å². The molecule has 7 heteroatoms. The molecule has 0 saturated heterocycles. The number of benzene rings is 1. The summed E-state index contributed by atoms with van der Waals surface area (Å²) in [7, 11) is 0. The van der Waals surface area contributed by atoms with E-state index in [1.54, 1.807) is 0 Å². The van der Waals surface area contributed by atoms with Gasteiger partial charge in [-0.25, -0.2) is 14.4 Å². The van der Waals surface area contributed by atoms with Crippen LogP contribution in [0.2, 0.25) is 5.28 Å². The van der Waals surface area contributed by atoms with Crippen LogP contribution in [-0.2, 0) is 6.18 Å². The summed E-state index contributed by atoms with van der Waals surface area (Å²) < 4.78 is 50.3. The van der Waals surface area contributed by atoms with Crippen LogP contribution in [0.25, 0.3) is 11.3 Å². The molecule has 0 fully saturated rings. The number of hydrogen-bond donors (Lipinski definition) is 0. The van der Waals surface area contributed by atoms with Crippen molar-refractivity contribution in [1.82, 2.24) is 9.97 Å². The van der Waals surface area contributed by atoms with Gasteiger partial charge in [0.25, 0.3) is 0 Å². The lowest BCUT2D eigenvalue weighted by Crippen LogP contribution is -2.09. The van der Waals surface area contributed by atoms with E-state index in [0.717, 1.165) is 18.2 Å². The van der Waals surface area contributed by atoms with Gasteiger partial charge in [0.15, 0.2) is 0 Å². The fourth-order valence-electron chi connectivity index (χ4n) is 1.33. The zero-order valence-corrected chi connectivity index (χ0v) is 9.43. The van der Waals surface area contributed by atoms with Gasteiger partial charge in [-0.1, -0.05) is 0 Å². The Hall–Kier alpha value is -1.69. The quantitative estimate of drug-likeness (QED) is 0.582. The minimum Gasteiger partial charge on any atom is -0.218 e. The fourth-order valence-corrected chi connectivity index (χ4v) is 1.51. The second-order valence-corrected chi connectivity index (χ2v) is 3.75. The van der Waals surface area contributed by atoms with E-state index in [1.165, 1.54) is 12.1 Å². The zero-order chi connectivity index (χ0) is 13.3. The minimum absolute atomic E-state index is 0.0117. The van der Waals surface area contributed by atoms with E-state index < -0.39 is 23.0 Å². The van der Waals surface area contributed by atoms with Crippen molar-refractivity contribution in [2.45, 2.75) is 6.18 Å². The first-order valence-corrected chi connectivity index (χ1v) is 5.12. The van der Waals surface area contributed by atoms with Crippen molar-refractivity contribution >= 4 is 11.6 Å². The highest BCUT2D eigenvalue weighted by atomic mass is 35.5. The van der Waals surface area contributed by atoms with E-state index in [-0.39, 0.29) is 5.69 Å².